The van der Waals surface area contributed by atoms with Crippen LogP contribution in [0.3, 0.4) is 0 Å². The van der Waals surface area contributed by atoms with Crippen molar-refractivity contribution in [2.24, 2.45) is 4.99 Å². The number of thioether (sulfide) groups is 1. The van der Waals surface area contributed by atoms with E-state index in [2.05, 4.69) is 41.1 Å². The third-order valence-electron chi connectivity index (χ3n) is 4.17. The van der Waals surface area contributed by atoms with Gasteiger partial charge in [0.1, 0.15) is 0 Å². The monoisotopic (exact) mass is 362 g/mol. The van der Waals surface area contributed by atoms with Gasteiger partial charge in [0.05, 0.1) is 6.54 Å². The number of benzene rings is 1. The molecule has 6 heteroatoms. The molecule has 25 heavy (non-hydrogen) atoms. The number of hydrogen-bond acceptors (Lipinski definition) is 3. The molecule has 1 fully saturated rings. The number of carbonyl (C=O) groups is 1. The normalized spacial score (nSPS) is 18.1. The van der Waals surface area contributed by atoms with Crippen LogP contribution in [0.1, 0.15) is 43.1 Å². The predicted molar refractivity (Wildman–Crippen MR) is 107 cm³/mol. The number of amides is 1. The van der Waals surface area contributed by atoms with Gasteiger partial charge < -0.3 is 15.5 Å². The van der Waals surface area contributed by atoms with E-state index in [4.69, 9.17) is 4.99 Å². The Hall–Kier alpha value is -1.69. The molecule has 0 bridgehead atoms. The molecule has 2 rings (SSSR count). The van der Waals surface area contributed by atoms with E-state index in [-0.39, 0.29) is 5.91 Å². The highest BCUT2D eigenvalue weighted by Gasteiger charge is 2.21. The lowest BCUT2D eigenvalue weighted by Gasteiger charge is -2.34. The van der Waals surface area contributed by atoms with Crippen LogP contribution in [0.5, 0.6) is 0 Å². The van der Waals surface area contributed by atoms with Crippen LogP contribution in [0.4, 0.5) is 0 Å². The quantitative estimate of drug-likeness (QED) is 0.603. The van der Waals surface area contributed by atoms with Crippen molar-refractivity contribution >= 4 is 23.6 Å². The molecule has 2 N–H and O–H groups in total. The molecule has 1 aromatic rings. The van der Waals surface area contributed by atoms with E-state index in [9.17, 15) is 4.79 Å². The molecule has 0 aliphatic carbocycles. The van der Waals surface area contributed by atoms with Crippen molar-refractivity contribution in [3.63, 3.8) is 0 Å². The van der Waals surface area contributed by atoms with Crippen molar-refractivity contribution in [1.29, 1.82) is 0 Å². The molecular weight excluding hydrogens is 332 g/mol. The van der Waals surface area contributed by atoms with Gasteiger partial charge in [-0.3, -0.25) is 4.79 Å². The van der Waals surface area contributed by atoms with Crippen LogP contribution >= 0.6 is 11.8 Å². The fourth-order valence-corrected chi connectivity index (χ4v) is 4.00. The molecule has 1 saturated heterocycles. The molecule has 5 nitrogen and oxygen atoms in total. The van der Waals surface area contributed by atoms with E-state index < -0.39 is 0 Å². The summed E-state index contributed by atoms with van der Waals surface area (Å²) in [4.78, 5) is 19.2. The maximum atomic E-state index is 12.0. The maximum absolute atomic E-state index is 12.0. The van der Waals surface area contributed by atoms with E-state index >= 15 is 0 Å². The Kier molecular flexibility index (Phi) is 8.12. The summed E-state index contributed by atoms with van der Waals surface area (Å²) in [6.45, 7) is 10.4. The van der Waals surface area contributed by atoms with Crippen molar-refractivity contribution in [3.05, 3.63) is 35.4 Å². The lowest BCUT2D eigenvalue weighted by atomic mass is 10.1. The standard InChI is InChI=1S/C19H30N4OS/c1-4-17-14-23(10-11-25-17)19(21-6-3)22-13-15-8-7-9-16(12-15)18(24)20-5-2/h7-9,12,17H,4-6,10-11,13-14H2,1-3H3,(H,20,24)(H,21,22). The number of hydrogen-bond donors (Lipinski definition) is 2. The Labute approximate surface area is 155 Å². The molecule has 1 aliphatic rings. The molecular formula is C19H30N4OS. The molecule has 1 unspecified atom stereocenters. The van der Waals surface area contributed by atoms with Gasteiger partial charge >= 0.3 is 0 Å². The Morgan fingerprint density at radius 2 is 2.08 bits per heavy atom. The maximum Gasteiger partial charge on any atom is 0.251 e. The second-order valence-corrected chi connectivity index (χ2v) is 7.49. The van der Waals surface area contributed by atoms with Gasteiger partial charge in [-0.2, -0.15) is 11.8 Å². The average Bonchev–Trinajstić information content (AvgIpc) is 2.65. The highest BCUT2D eigenvalue weighted by atomic mass is 32.2. The Bertz CT molecular complexity index is 591. The van der Waals surface area contributed by atoms with Crippen molar-refractivity contribution in [2.45, 2.75) is 39.0 Å². The van der Waals surface area contributed by atoms with Gasteiger partial charge in [-0.15, -0.1) is 0 Å². The van der Waals surface area contributed by atoms with Crippen molar-refractivity contribution in [2.75, 3.05) is 31.9 Å². The zero-order chi connectivity index (χ0) is 18.1. The number of carbonyl (C=O) groups excluding carboxylic acids is 1. The van der Waals surface area contributed by atoms with E-state index in [1.54, 1.807) is 0 Å². The summed E-state index contributed by atoms with van der Waals surface area (Å²) in [6, 6.07) is 7.72. The van der Waals surface area contributed by atoms with Crippen molar-refractivity contribution < 1.29 is 4.79 Å². The first kappa shape index (κ1) is 19.6. The van der Waals surface area contributed by atoms with Crippen LogP contribution in [0.15, 0.2) is 29.3 Å². The van der Waals surface area contributed by atoms with Crippen LogP contribution in [-0.4, -0.2) is 53.9 Å². The molecule has 1 aliphatic heterocycles. The number of guanidine groups is 1. The Balaban J connectivity index is 2.08. The summed E-state index contributed by atoms with van der Waals surface area (Å²) in [7, 11) is 0. The van der Waals surface area contributed by atoms with E-state index in [1.807, 2.05) is 31.2 Å². The van der Waals surface area contributed by atoms with Crippen molar-refractivity contribution in [3.8, 4) is 0 Å². The summed E-state index contributed by atoms with van der Waals surface area (Å²) in [6.07, 6.45) is 1.19. The third-order valence-corrected chi connectivity index (χ3v) is 5.54. The Morgan fingerprint density at radius 3 is 2.80 bits per heavy atom. The van der Waals surface area contributed by atoms with E-state index in [0.717, 1.165) is 36.9 Å². The summed E-state index contributed by atoms with van der Waals surface area (Å²) in [5.41, 5.74) is 1.75. The Morgan fingerprint density at radius 1 is 1.28 bits per heavy atom. The topological polar surface area (TPSA) is 56.7 Å². The summed E-state index contributed by atoms with van der Waals surface area (Å²) in [5, 5.41) is 6.93. The van der Waals surface area contributed by atoms with Crippen molar-refractivity contribution in [1.82, 2.24) is 15.5 Å². The summed E-state index contributed by atoms with van der Waals surface area (Å²) >= 11 is 2.06. The molecule has 1 atom stereocenters. The molecule has 0 radical (unpaired) electrons. The number of rotatable bonds is 6. The van der Waals surface area contributed by atoms with Gasteiger partial charge in [0.15, 0.2) is 5.96 Å². The van der Waals surface area contributed by atoms with Gasteiger partial charge in [-0.1, -0.05) is 19.1 Å². The predicted octanol–water partition coefficient (Wildman–Crippen LogP) is 2.73. The van der Waals surface area contributed by atoms with Gasteiger partial charge in [-0.05, 0) is 38.0 Å². The highest BCUT2D eigenvalue weighted by Crippen LogP contribution is 2.21. The van der Waals surface area contributed by atoms with Gasteiger partial charge in [0, 0.05) is 42.7 Å². The number of nitrogens with zero attached hydrogens (tertiary/aromatic N) is 2. The first-order valence-corrected chi connectivity index (χ1v) is 10.2. The van der Waals surface area contributed by atoms with E-state index in [1.165, 1.54) is 6.42 Å². The zero-order valence-corrected chi connectivity index (χ0v) is 16.4. The minimum atomic E-state index is -0.0286. The molecule has 1 amide bonds. The van der Waals surface area contributed by atoms with Crippen LogP contribution in [-0.2, 0) is 6.54 Å². The molecule has 0 saturated carbocycles. The summed E-state index contributed by atoms with van der Waals surface area (Å²) in [5.74, 6) is 2.10. The first-order valence-electron chi connectivity index (χ1n) is 9.19. The SMILES string of the molecule is CCNC(=O)c1cccc(CN=C(NCC)N2CCSC(CC)C2)c1. The van der Waals surface area contributed by atoms with Gasteiger partial charge in [-0.25, -0.2) is 4.99 Å². The molecule has 1 aromatic carbocycles. The molecule has 0 aromatic heterocycles. The zero-order valence-electron chi connectivity index (χ0n) is 15.5. The second kappa shape index (κ2) is 10.3. The van der Waals surface area contributed by atoms with Crippen LogP contribution in [0.2, 0.25) is 0 Å². The lowest BCUT2D eigenvalue weighted by Crippen LogP contribution is -2.48. The van der Waals surface area contributed by atoms with Crippen LogP contribution < -0.4 is 10.6 Å². The minimum Gasteiger partial charge on any atom is -0.357 e. The highest BCUT2D eigenvalue weighted by molar-refractivity contribution is 8.00. The number of aliphatic imine (C=N–C) groups is 1. The lowest BCUT2D eigenvalue weighted by molar-refractivity contribution is 0.0955. The summed E-state index contributed by atoms with van der Waals surface area (Å²) < 4.78 is 0. The van der Waals surface area contributed by atoms with Crippen LogP contribution in [0, 0.1) is 0 Å². The molecule has 138 valence electrons. The first-order chi connectivity index (χ1) is 12.2. The molecule has 0 spiro atoms. The molecule has 1 heterocycles. The minimum absolute atomic E-state index is 0.0286. The van der Waals surface area contributed by atoms with Gasteiger partial charge in [0.25, 0.3) is 5.91 Å². The fraction of sp³-hybridized carbons (Fsp3) is 0.579. The fourth-order valence-electron chi connectivity index (χ4n) is 2.82. The second-order valence-electron chi connectivity index (χ2n) is 6.08. The third kappa shape index (κ3) is 5.96. The van der Waals surface area contributed by atoms with Gasteiger partial charge in [0.2, 0.25) is 0 Å². The largest absolute Gasteiger partial charge is 0.357 e. The smallest absolute Gasteiger partial charge is 0.251 e. The van der Waals surface area contributed by atoms with Crippen LogP contribution in [0.25, 0.3) is 0 Å². The average molecular weight is 363 g/mol. The van der Waals surface area contributed by atoms with E-state index in [0.29, 0.717) is 23.9 Å². The number of nitrogens with one attached hydrogen (secondary N) is 2.